The number of carbonyl (C=O) groups is 1. The molecule has 4 heteroatoms. The van der Waals surface area contributed by atoms with Gasteiger partial charge in [0, 0.05) is 25.0 Å². The minimum atomic E-state index is -0.173. The molecule has 1 aliphatic rings. The predicted octanol–water partition coefficient (Wildman–Crippen LogP) is 0.953. The molecule has 1 amide bonds. The van der Waals surface area contributed by atoms with Crippen LogP contribution in [0.1, 0.15) is 29.4 Å². The van der Waals surface area contributed by atoms with Crippen LogP contribution in [0.3, 0.4) is 0 Å². The Morgan fingerprint density at radius 3 is 2.75 bits per heavy atom. The molecule has 0 atom stereocenters. The molecule has 0 spiro atoms. The van der Waals surface area contributed by atoms with Gasteiger partial charge in [0.05, 0.1) is 11.1 Å². The second-order valence-corrected chi connectivity index (χ2v) is 4.57. The highest BCUT2D eigenvalue weighted by atomic mass is 16.2. The summed E-state index contributed by atoms with van der Waals surface area (Å²) in [5, 5.41) is 0. The first-order valence-electron chi connectivity index (χ1n) is 5.55. The molecular formula is C12H17N3O. The Morgan fingerprint density at radius 2 is 2.25 bits per heavy atom. The standard InChI is InChI=1S/C12H17N3O/c1-3-12(13)7-15(8-12)11(16)10-5-4-9(2)14-6-10/h4-6H,3,7-8,13H2,1-2H3. The van der Waals surface area contributed by atoms with Crippen LogP contribution >= 0.6 is 0 Å². The quantitative estimate of drug-likeness (QED) is 0.805. The minimum Gasteiger partial charge on any atom is -0.335 e. The smallest absolute Gasteiger partial charge is 0.255 e. The van der Waals surface area contributed by atoms with Crippen molar-refractivity contribution in [3.8, 4) is 0 Å². The third-order valence-electron chi connectivity index (χ3n) is 3.16. The highest BCUT2D eigenvalue weighted by Gasteiger charge is 2.40. The van der Waals surface area contributed by atoms with Gasteiger partial charge in [-0.05, 0) is 25.5 Å². The average molecular weight is 219 g/mol. The molecule has 0 bridgehead atoms. The second-order valence-electron chi connectivity index (χ2n) is 4.57. The maximum Gasteiger partial charge on any atom is 0.255 e. The maximum atomic E-state index is 12.0. The Morgan fingerprint density at radius 1 is 1.56 bits per heavy atom. The number of nitrogens with zero attached hydrogens (tertiary/aromatic N) is 2. The first-order chi connectivity index (χ1) is 7.54. The summed E-state index contributed by atoms with van der Waals surface area (Å²) in [7, 11) is 0. The summed E-state index contributed by atoms with van der Waals surface area (Å²) in [6.07, 6.45) is 2.53. The number of aryl methyl sites for hydroxylation is 1. The van der Waals surface area contributed by atoms with Gasteiger partial charge >= 0.3 is 0 Å². The van der Waals surface area contributed by atoms with Gasteiger partial charge in [-0.15, -0.1) is 0 Å². The van der Waals surface area contributed by atoms with Crippen molar-refractivity contribution in [1.29, 1.82) is 0 Å². The number of pyridine rings is 1. The number of aromatic nitrogens is 1. The van der Waals surface area contributed by atoms with E-state index < -0.39 is 0 Å². The van der Waals surface area contributed by atoms with Crippen LogP contribution in [0.5, 0.6) is 0 Å². The predicted molar refractivity (Wildman–Crippen MR) is 62.1 cm³/mol. The van der Waals surface area contributed by atoms with Crippen LogP contribution in [-0.2, 0) is 0 Å². The molecule has 16 heavy (non-hydrogen) atoms. The molecule has 4 nitrogen and oxygen atoms in total. The van der Waals surface area contributed by atoms with Crippen LogP contribution in [0, 0.1) is 6.92 Å². The zero-order valence-electron chi connectivity index (χ0n) is 9.73. The van der Waals surface area contributed by atoms with Gasteiger partial charge in [-0.25, -0.2) is 0 Å². The van der Waals surface area contributed by atoms with E-state index in [4.69, 9.17) is 5.73 Å². The third-order valence-corrected chi connectivity index (χ3v) is 3.16. The summed E-state index contributed by atoms with van der Waals surface area (Å²) in [5.41, 5.74) is 7.41. The van der Waals surface area contributed by atoms with Gasteiger partial charge in [0.1, 0.15) is 0 Å². The lowest BCUT2D eigenvalue weighted by molar-refractivity contribution is 0.0401. The van der Waals surface area contributed by atoms with Crippen molar-refractivity contribution < 1.29 is 4.79 Å². The van der Waals surface area contributed by atoms with E-state index >= 15 is 0 Å². The Balaban J connectivity index is 2.03. The van der Waals surface area contributed by atoms with Gasteiger partial charge < -0.3 is 10.6 Å². The Bertz CT molecular complexity index is 393. The van der Waals surface area contributed by atoms with Crippen LogP contribution in [0.2, 0.25) is 0 Å². The van der Waals surface area contributed by atoms with Crippen molar-refractivity contribution >= 4 is 5.91 Å². The number of hydrogen-bond acceptors (Lipinski definition) is 3. The molecule has 1 aromatic heterocycles. The maximum absolute atomic E-state index is 12.0. The lowest BCUT2D eigenvalue weighted by Crippen LogP contribution is -2.68. The molecule has 86 valence electrons. The molecule has 2 heterocycles. The van der Waals surface area contributed by atoms with Gasteiger partial charge in [-0.3, -0.25) is 9.78 Å². The Labute approximate surface area is 95.5 Å². The van der Waals surface area contributed by atoms with Gasteiger partial charge in [-0.1, -0.05) is 6.92 Å². The molecule has 1 aromatic rings. The fourth-order valence-electron chi connectivity index (χ4n) is 1.86. The highest BCUT2D eigenvalue weighted by Crippen LogP contribution is 2.23. The number of likely N-dealkylation sites (tertiary alicyclic amines) is 1. The van der Waals surface area contributed by atoms with E-state index in [1.54, 1.807) is 11.1 Å². The SMILES string of the molecule is CCC1(N)CN(C(=O)c2ccc(C)nc2)C1. The van der Waals surface area contributed by atoms with Crippen molar-refractivity contribution in [3.05, 3.63) is 29.6 Å². The van der Waals surface area contributed by atoms with Crippen molar-refractivity contribution in [3.63, 3.8) is 0 Å². The van der Waals surface area contributed by atoms with Gasteiger partial charge in [0.25, 0.3) is 5.91 Å². The summed E-state index contributed by atoms with van der Waals surface area (Å²) >= 11 is 0. The zero-order chi connectivity index (χ0) is 11.8. The normalized spacial score (nSPS) is 18.1. The van der Waals surface area contributed by atoms with Crippen LogP contribution < -0.4 is 5.73 Å². The highest BCUT2D eigenvalue weighted by molar-refractivity contribution is 5.94. The van der Waals surface area contributed by atoms with Crippen molar-refractivity contribution in [2.45, 2.75) is 25.8 Å². The Kier molecular flexibility index (Phi) is 2.68. The van der Waals surface area contributed by atoms with E-state index in [0.29, 0.717) is 18.7 Å². The average Bonchev–Trinajstić information content (AvgIpc) is 2.25. The van der Waals surface area contributed by atoms with E-state index in [0.717, 1.165) is 12.1 Å². The summed E-state index contributed by atoms with van der Waals surface area (Å²) in [5.74, 6) is 0.0297. The molecule has 2 rings (SSSR count). The number of carbonyl (C=O) groups excluding carboxylic acids is 1. The monoisotopic (exact) mass is 219 g/mol. The molecule has 0 unspecified atom stereocenters. The molecule has 0 aromatic carbocycles. The van der Waals surface area contributed by atoms with E-state index in [2.05, 4.69) is 11.9 Å². The molecule has 1 fully saturated rings. The van der Waals surface area contributed by atoms with Crippen LogP contribution in [-0.4, -0.2) is 34.4 Å². The summed E-state index contributed by atoms with van der Waals surface area (Å²) in [6, 6.07) is 3.66. The topological polar surface area (TPSA) is 59.2 Å². The largest absolute Gasteiger partial charge is 0.335 e. The molecule has 1 saturated heterocycles. The van der Waals surface area contributed by atoms with Gasteiger partial charge in [0.2, 0.25) is 0 Å². The first-order valence-corrected chi connectivity index (χ1v) is 5.55. The molecule has 0 radical (unpaired) electrons. The van der Waals surface area contributed by atoms with Crippen LogP contribution in [0.25, 0.3) is 0 Å². The van der Waals surface area contributed by atoms with E-state index in [-0.39, 0.29) is 11.4 Å². The van der Waals surface area contributed by atoms with E-state index in [9.17, 15) is 4.79 Å². The molecule has 2 N–H and O–H groups in total. The molecule has 0 aliphatic carbocycles. The van der Waals surface area contributed by atoms with Crippen molar-refractivity contribution in [1.82, 2.24) is 9.88 Å². The lowest BCUT2D eigenvalue weighted by Gasteiger charge is -2.47. The summed E-state index contributed by atoms with van der Waals surface area (Å²) in [6.45, 7) is 5.25. The van der Waals surface area contributed by atoms with Crippen LogP contribution in [0.15, 0.2) is 18.3 Å². The van der Waals surface area contributed by atoms with Crippen molar-refractivity contribution in [2.75, 3.05) is 13.1 Å². The van der Waals surface area contributed by atoms with Crippen LogP contribution in [0.4, 0.5) is 0 Å². The lowest BCUT2D eigenvalue weighted by atomic mass is 9.88. The van der Waals surface area contributed by atoms with Gasteiger partial charge in [-0.2, -0.15) is 0 Å². The number of hydrogen-bond donors (Lipinski definition) is 1. The van der Waals surface area contributed by atoms with E-state index in [1.807, 2.05) is 19.1 Å². The number of rotatable bonds is 2. The Hall–Kier alpha value is -1.42. The van der Waals surface area contributed by atoms with E-state index in [1.165, 1.54) is 0 Å². The summed E-state index contributed by atoms with van der Waals surface area (Å²) in [4.78, 5) is 17.9. The molecule has 0 saturated carbocycles. The number of nitrogens with two attached hydrogens (primary N) is 1. The zero-order valence-corrected chi connectivity index (χ0v) is 9.73. The minimum absolute atomic E-state index is 0.0297. The summed E-state index contributed by atoms with van der Waals surface area (Å²) < 4.78 is 0. The molecule has 1 aliphatic heterocycles. The second kappa shape index (κ2) is 3.87. The van der Waals surface area contributed by atoms with Crippen molar-refractivity contribution in [2.24, 2.45) is 5.73 Å². The van der Waals surface area contributed by atoms with Gasteiger partial charge in [0.15, 0.2) is 0 Å². The molecular weight excluding hydrogens is 202 g/mol. The number of amides is 1. The fourth-order valence-corrected chi connectivity index (χ4v) is 1.86. The third kappa shape index (κ3) is 1.93. The first kappa shape index (κ1) is 11.1. The fraction of sp³-hybridized carbons (Fsp3) is 0.500.